The van der Waals surface area contributed by atoms with Crippen molar-refractivity contribution in [2.75, 3.05) is 13.1 Å². The average molecular weight is 182 g/mol. The van der Waals surface area contributed by atoms with Gasteiger partial charge in [0, 0.05) is 19.5 Å². The van der Waals surface area contributed by atoms with Crippen LogP contribution in [-0.4, -0.2) is 24.3 Å². The molecule has 2 unspecified atom stereocenters. The van der Waals surface area contributed by atoms with E-state index in [4.69, 9.17) is 5.26 Å². The molecule has 1 aliphatic rings. The van der Waals surface area contributed by atoms with Crippen molar-refractivity contribution in [1.29, 1.82) is 5.26 Å². The molecule has 2 atom stereocenters. The van der Waals surface area contributed by atoms with E-state index in [1.165, 1.54) is 6.42 Å². The van der Waals surface area contributed by atoms with Crippen LogP contribution in [0.25, 0.3) is 0 Å². The van der Waals surface area contributed by atoms with E-state index < -0.39 is 0 Å². The summed E-state index contributed by atoms with van der Waals surface area (Å²) in [6.45, 7) is 1.61. The van der Waals surface area contributed by atoms with Crippen LogP contribution in [0.3, 0.4) is 0 Å². The Kier molecular flexibility index (Phi) is 4.81. The molecule has 0 bridgehead atoms. The normalized spacial score (nSPS) is 28.3. The summed E-state index contributed by atoms with van der Waals surface area (Å²) in [5.74, 6) is 0.410. The number of aliphatic hydroxyl groups is 1. The van der Waals surface area contributed by atoms with E-state index >= 15 is 0 Å². The highest BCUT2D eigenvalue weighted by Gasteiger charge is 2.21. The zero-order chi connectivity index (χ0) is 9.52. The van der Waals surface area contributed by atoms with Gasteiger partial charge in [-0.25, -0.2) is 0 Å². The summed E-state index contributed by atoms with van der Waals surface area (Å²) in [4.78, 5) is 0. The second-order valence-corrected chi connectivity index (χ2v) is 3.72. The molecule has 1 saturated carbocycles. The minimum Gasteiger partial charge on any atom is -0.393 e. The third kappa shape index (κ3) is 3.75. The maximum atomic E-state index is 9.62. The van der Waals surface area contributed by atoms with Crippen molar-refractivity contribution in [1.82, 2.24) is 5.32 Å². The third-order valence-electron chi connectivity index (χ3n) is 2.69. The number of aliphatic hydroxyl groups excluding tert-OH is 1. The van der Waals surface area contributed by atoms with Gasteiger partial charge in [-0.1, -0.05) is 12.8 Å². The van der Waals surface area contributed by atoms with Crippen LogP contribution in [0.1, 0.15) is 32.1 Å². The molecular weight excluding hydrogens is 164 g/mol. The van der Waals surface area contributed by atoms with Crippen molar-refractivity contribution in [3.05, 3.63) is 0 Å². The molecule has 0 aliphatic heterocycles. The smallest absolute Gasteiger partial charge is 0.0635 e. The van der Waals surface area contributed by atoms with Crippen LogP contribution >= 0.6 is 0 Å². The van der Waals surface area contributed by atoms with Crippen LogP contribution in [0.5, 0.6) is 0 Å². The van der Waals surface area contributed by atoms with Gasteiger partial charge in [0.05, 0.1) is 12.2 Å². The molecule has 1 aliphatic carbocycles. The van der Waals surface area contributed by atoms with Crippen LogP contribution in [0.15, 0.2) is 0 Å². The highest BCUT2D eigenvalue weighted by molar-refractivity contribution is 4.77. The molecule has 1 fully saturated rings. The number of rotatable bonds is 4. The Morgan fingerprint density at radius 3 is 2.85 bits per heavy atom. The zero-order valence-corrected chi connectivity index (χ0v) is 8.00. The Labute approximate surface area is 79.8 Å². The van der Waals surface area contributed by atoms with Gasteiger partial charge in [0.1, 0.15) is 0 Å². The third-order valence-corrected chi connectivity index (χ3v) is 2.69. The van der Waals surface area contributed by atoms with Crippen LogP contribution < -0.4 is 5.32 Å². The van der Waals surface area contributed by atoms with Crippen molar-refractivity contribution in [3.8, 4) is 6.07 Å². The maximum Gasteiger partial charge on any atom is 0.0635 e. The molecule has 0 aromatic carbocycles. The van der Waals surface area contributed by atoms with Crippen LogP contribution in [0.2, 0.25) is 0 Å². The molecule has 3 heteroatoms. The van der Waals surface area contributed by atoms with E-state index in [1.807, 2.05) is 0 Å². The summed E-state index contributed by atoms with van der Waals surface area (Å²) in [6.07, 6.45) is 4.91. The SMILES string of the molecule is N#CCCNCC1CCCCC1O. The van der Waals surface area contributed by atoms with Gasteiger partial charge in [-0.15, -0.1) is 0 Å². The van der Waals surface area contributed by atoms with Crippen LogP contribution in [0.4, 0.5) is 0 Å². The predicted octanol–water partition coefficient (Wildman–Crippen LogP) is 1.04. The standard InChI is InChI=1S/C10H18N2O/c11-6-3-7-12-8-9-4-1-2-5-10(9)13/h9-10,12-13H,1-5,7-8H2. The van der Waals surface area contributed by atoms with Crippen LogP contribution in [0, 0.1) is 17.2 Å². The maximum absolute atomic E-state index is 9.62. The summed E-state index contributed by atoms with van der Waals surface area (Å²) in [7, 11) is 0. The minimum atomic E-state index is -0.122. The lowest BCUT2D eigenvalue weighted by atomic mass is 9.86. The molecule has 3 nitrogen and oxygen atoms in total. The molecule has 74 valence electrons. The number of nitriles is 1. The highest BCUT2D eigenvalue weighted by atomic mass is 16.3. The van der Waals surface area contributed by atoms with Gasteiger partial charge in [-0.05, 0) is 18.8 Å². The second kappa shape index (κ2) is 5.95. The molecule has 0 saturated heterocycles. The first-order valence-corrected chi connectivity index (χ1v) is 5.10. The zero-order valence-electron chi connectivity index (χ0n) is 8.00. The van der Waals surface area contributed by atoms with Crippen molar-refractivity contribution in [2.45, 2.75) is 38.2 Å². The van der Waals surface area contributed by atoms with E-state index in [2.05, 4.69) is 11.4 Å². The molecule has 0 radical (unpaired) electrons. The van der Waals surface area contributed by atoms with Crippen molar-refractivity contribution in [3.63, 3.8) is 0 Å². The molecule has 0 spiro atoms. The van der Waals surface area contributed by atoms with Gasteiger partial charge >= 0.3 is 0 Å². The largest absolute Gasteiger partial charge is 0.393 e. The fourth-order valence-electron chi connectivity index (χ4n) is 1.86. The first-order valence-electron chi connectivity index (χ1n) is 5.10. The molecule has 0 aromatic heterocycles. The fourth-order valence-corrected chi connectivity index (χ4v) is 1.86. The summed E-state index contributed by atoms with van der Waals surface area (Å²) < 4.78 is 0. The lowest BCUT2D eigenvalue weighted by Gasteiger charge is -2.27. The van der Waals surface area contributed by atoms with E-state index in [9.17, 15) is 5.11 Å². The Balaban J connectivity index is 2.09. The Morgan fingerprint density at radius 1 is 1.38 bits per heavy atom. The lowest BCUT2D eigenvalue weighted by molar-refractivity contribution is 0.0698. The fraction of sp³-hybridized carbons (Fsp3) is 0.900. The summed E-state index contributed by atoms with van der Waals surface area (Å²) >= 11 is 0. The molecule has 13 heavy (non-hydrogen) atoms. The average Bonchev–Trinajstić information content (AvgIpc) is 2.15. The van der Waals surface area contributed by atoms with E-state index in [-0.39, 0.29) is 6.10 Å². The van der Waals surface area contributed by atoms with Crippen molar-refractivity contribution >= 4 is 0 Å². The molecule has 0 amide bonds. The molecule has 1 rings (SSSR count). The predicted molar refractivity (Wildman–Crippen MR) is 51.1 cm³/mol. The van der Waals surface area contributed by atoms with Gasteiger partial charge in [0.25, 0.3) is 0 Å². The first kappa shape index (κ1) is 10.5. The Hall–Kier alpha value is -0.590. The van der Waals surface area contributed by atoms with Gasteiger partial charge in [0.15, 0.2) is 0 Å². The topological polar surface area (TPSA) is 56.0 Å². The minimum absolute atomic E-state index is 0.122. The summed E-state index contributed by atoms with van der Waals surface area (Å²) in [5.41, 5.74) is 0. The van der Waals surface area contributed by atoms with Crippen LogP contribution in [-0.2, 0) is 0 Å². The highest BCUT2D eigenvalue weighted by Crippen LogP contribution is 2.23. The molecule has 0 heterocycles. The Bertz CT molecular complexity index is 176. The number of nitrogens with zero attached hydrogens (tertiary/aromatic N) is 1. The monoisotopic (exact) mass is 182 g/mol. The Morgan fingerprint density at radius 2 is 2.15 bits per heavy atom. The lowest BCUT2D eigenvalue weighted by Crippen LogP contribution is -2.34. The molecule has 2 N–H and O–H groups in total. The van der Waals surface area contributed by atoms with E-state index in [0.717, 1.165) is 32.4 Å². The van der Waals surface area contributed by atoms with Gasteiger partial charge < -0.3 is 10.4 Å². The number of hydrogen-bond donors (Lipinski definition) is 2. The molecular formula is C10H18N2O. The van der Waals surface area contributed by atoms with E-state index in [0.29, 0.717) is 12.3 Å². The number of nitrogens with one attached hydrogen (secondary N) is 1. The van der Waals surface area contributed by atoms with E-state index in [1.54, 1.807) is 0 Å². The quantitative estimate of drug-likeness (QED) is 0.639. The van der Waals surface area contributed by atoms with Crippen molar-refractivity contribution < 1.29 is 5.11 Å². The number of hydrogen-bond acceptors (Lipinski definition) is 3. The van der Waals surface area contributed by atoms with Gasteiger partial charge in [-0.2, -0.15) is 5.26 Å². The van der Waals surface area contributed by atoms with Crippen molar-refractivity contribution in [2.24, 2.45) is 5.92 Å². The van der Waals surface area contributed by atoms with Gasteiger partial charge in [-0.3, -0.25) is 0 Å². The summed E-state index contributed by atoms with van der Waals surface area (Å²) in [6, 6.07) is 2.09. The summed E-state index contributed by atoms with van der Waals surface area (Å²) in [5, 5.41) is 21.1. The first-order chi connectivity index (χ1) is 6.34. The molecule has 0 aromatic rings. The van der Waals surface area contributed by atoms with Gasteiger partial charge in [0.2, 0.25) is 0 Å². The second-order valence-electron chi connectivity index (χ2n) is 3.72.